The number of esters is 1. The van der Waals surface area contributed by atoms with Crippen molar-refractivity contribution in [3.63, 3.8) is 0 Å². The Kier molecular flexibility index (Phi) is 5.03. The Labute approximate surface area is 124 Å². The first kappa shape index (κ1) is 15.2. The van der Waals surface area contributed by atoms with Gasteiger partial charge in [-0.25, -0.2) is 4.68 Å². The maximum absolute atomic E-state index is 11.8. The minimum absolute atomic E-state index is 0.222. The lowest BCUT2D eigenvalue weighted by Crippen LogP contribution is -2.11. The second-order valence-electron chi connectivity index (χ2n) is 4.55. The Morgan fingerprint density at radius 3 is 2.67 bits per heavy atom. The van der Waals surface area contributed by atoms with Crippen LogP contribution in [0.15, 0.2) is 18.3 Å². The predicted molar refractivity (Wildman–Crippen MR) is 78.2 cm³/mol. The van der Waals surface area contributed by atoms with Gasteiger partial charge in [-0.1, -0.05) is 13.8 Å². The van der Waals surface area contributed by atoms with Crippen molar-refractivity contribution in [1.29, 1.82) is 0 Å². The van der Waals surface area contributed by atoms with Gasteiger partial charge in [0.25, 0.3) is 0 Å². The van der Waals surface area contributed by atoms with Crippen molar-refractivity contribution in [3.8, 4) is 5.82 Å². The predicted octanol–water partition coefficient (Wildman–Crippen LogP) is 1.89. The highest BCUT2D eigenvalue weighted by Crippen LogP contribution is 2.20. The van der Waals surface area contributed by atoms with Crippen molar-refractivity contribution in [1.82, 2.24) is 20.0 Å². The quantitative estimate of drug-likeness (QED) is 0.759. The Morgan fingerprint density at radius 2 is 2.10 bits per heavy atom. The molecule has 0 N–H and O–H groups in total. The summed E-state index contributed by atoms with van der Waals surface area (Å²) in [6.07, 6.45) is 3.40. The molecular formula is C15H20N4O2. The monoisotopic (exact) mass is 288 g/mol. The van der Waals surface area contributed by atoms with Crippen molar-refractivity contribution in [3.05, 3.63) is 35.3 Å². The maximum Gasteiger partial charge on any atom is 0.310 e. The van der Waals surface area contributed by atoms with Gasteiger partial charge in [0, 0.05) is 17.5 Å². The fraction of sp³-hybridized carbons (Fsp3) is 0.467. The van der Waals surface area contributed by atoms with Gasteiger partial charge in [0.1, 0.15) is 0 Å². The van der Waals surface area contributed by atoms with Crippen molar-refractivity contribution >= 4 is 5.97 Å². The highest BCUT2D eigenvalue weighted by Gasteiger charge is 2.20. The van der Waals surface area contributed by atoms with Gasteiger partial charge in [0.2, 0.25) is 0 Å². The van der Waals surface area contributed by atoms with Crippen molar-refractivity contribution < 1.29 is 9.53 Å². The Morgan fingerprint density at radius 1 is 1.29 bits per heavy atom. The average molecular weight is 288 g/mol. The lowest BCUT2D eigenvalue weighted by atomic mass is 10.1. The Balaban J connectivity index is 2.44. The second kappa shape index (κ2) is 6.97. The molecular weight excluding hydrogens is 268 g/mol. The largest absolute Gasteiger partial charge is 0.466 e. The summed E-state index contributed by atoms with van der Waals surface area (Å²) in [5, 5.41) is 12.6. The number of ether oxygens (including phenoxy) is 1. The lowest BCUT2D eigenvalue weighted by Gasteiger charge is -2.06. The van der Waals surface area contributed by atoms with Gasteiger partial charge >= 0.3 is 5.97 Å². The summed E-state index contributed by atoms with van der Waals surface area (Å²) in [4.78, 5) is 11.8. The third kappa shape index (κ3) is 3.26. The van der Waals surface area contributed by atoms with E-state index in [1.807, 2.05) is 32.9 Å². The summed E-state index contributed by atoms with van der Waals surface area (Å²) >= 11 is 0. The summed E-state index contributed by atoms with van der Waals surface area (Å²) in [6, 6.07) is 3.67. The molecule has 2 aromatic rings. The van der Waals surface area contributed by atoms with Crippen LogP contribution in [0.3, 0.4) is 0 Å². The molecule has 0 aliphatic carbocycles. The molecule has 6 heteroatoms. The molecule has 0 amide bonds. The molecule has 2 aromatic heterocycles. The van der Waals surface area contributed by atoms with Gasteiger partial charge in [0.15, 0.2) is 5.82 Å². The van der Waals surface area contributed by atoms with E-state index in [9.17, 15) is 4.79 Å². The first-order chi connectivity index (χ1) is 10.2. The number of hydrogen-bond donors (Lipinski definition) is 0. The Hall–Kier alpha value is -2.24. The summed E-state index contributed by atoms with van der Waals surface area (Å²) < 4.78 is 6.83. The number of rotatable bonds is 6. The molecule has 2 rings (SSSR count). The third-order valence-electron chi connectivity index (χ3n) is 3.24. The molecule has 6 nitrogen and oxygen atoms in total. The zero-order valence-electron chi connectivity index (χ0n) is 12.7. The van der Waals surface area contributed by atoms with Crippen molar-refractivity contribution in [2.45, 2.75) is 40.0 Å². The number of aromatic nitrogens is 4. The smallest absolute Gasteiger partial charge is 0.310 e. The average Bonchev–Trinajstić information content (AvgIpc) is 2.86. The van der Waals surface area contributed by atoms with Crippen LogP contribution in [0.2, 0.25) is 0 Å². The first-order valence-corrected chi connectivity index (χ1v) is 7.24. The van der Waals surface area contributed by atoms with Crippen LogP contribution in [0.4, 0.5) is 0 Å². The zero-order valence-corrected chi connectivity index (χ0v) is 12.7. The standard InChI is InChI=1S/C15H20N4O2/c1-4-12-11(10-15(20)21-6-3)13(5-2)19(18-12)14-8-7-9-16-17-14/h7-9H,4-6,10H2,1-3H3. The first-order valence-electron chi connectivity index (χ1n) is 7.24. The van der Waals surface area contributed by atoms with Crippen molar-refractivity contribution in [2.75, 3.05) is 6.61 Å². The summed E-state index contributed by atoms with van der Waals surface area (Å²) in [5.41, 5.74) is 2.84. The van der Waals surface area contributed by atoms with E-state index in [1.165, 1.54) is 0 Å². The molecule has 0 aromatic carbocycles. The number of carbonyl (C=O) groups excluding carboxylic acids is 1. The second-order valence-corrected chi connectivity index (χ2v) is 4.55. The van der Waals surface area contributed by atoms with Crippen LogP contribution in [0, 0.1) is 0 Å². The number of nitrogens with zero attached hydrogens (tertiary/aromatic N) is 4. The molecule has 0 aliphatic heterocycles. The minimum Gasteiger partial charge on any atom is -0.466 e. The molecule has 0 radical (unpaired) electrons. The fourth-order valence-electron chi connectivity index (χ4n) is 2.34. The number of hydrogen-bond acceptors (Lipinski definition) is 5. The van der Waals surface area contributed by atoms with E-state index in [2.05, 4.69) is 15.3 Å². The lowest BCUT2D eigenvalue weighted by molar-refractivity contribution is -0.142. The number of carbonyl (C=O) groups is 1. The molecule has 0 spiro atoms. The van der Waals surface area contributed by atoms with E-state index >= 15 is 0 Å². The summed E-state index contributed by atoms with van der Waals surface area (Å²) in [7, 11) is 0. The van der Waals surface area contributed by atoms with Gasteiger partial charge < -0.3 is 4.74 Å². The van der Waals surface area contributed by atoms with E-state index in [0.29, 0.717) is 12.4 Å². The zero-order chi connectivity index (χ0) is 15.2. The number of aryl methyl sites for hydroxylation is 1. The van der Waals surface area contributed by atoms with E-state index in [1.54, 1.807) is 10.9 Å². The molecule has 0 fully saturated rings. The van der Waals surface area contributed by atoms with Gasteiger partial charge in [0.05, 0.1) is 18.7 Å². The maximum atomic E-state index is 11.8. The van der Waals surface area contributed by atoms with Crippen LogP contribution < -0.4 is 0 Å². The van der Waals surface area contributed by atoms with Crippen LogP contribution in [0.25, 0.3) is 5.82 Å². The normalized spacial score (nSPS) is 10.6. The Bertz CT molecular complexity index is 608. The topological polar surface area (TPSA) is 69.9 Å². The van der Waals surface area contributed by atoms with E-state index < -0.39 is 0 Å². The van der Waals surface area contributed by atoms with Crippen LogP contribution in [0.1, 0.15) is 37.7 Å². The van der Waals surface area contributed by atoms with Gasteiger partial charge in [-0.2, -0.15) is 10.2 Å². The SMILES string of the molecule is CCOC(=O)Cc1c(CC)nn(-c2cccnn2)c1CC. The molecule has 0 saturated heterocycles. The molecule has 112 valence electrons. The third-order valence-corrected chi connectivity index (χ3v) is 3.24. The van der Waals surface area contributed by atoms with E-state index in [4.69, 9.17) is 4.74 Å². The minimum atomic E-state index is -0.222. The van der Waals surface area contributed by atoms with E-state index in [0.717, 1.165) is 29.8 Å². The summed E-state index contributed by atoms with van der Waals surface area (Å²) in [5.74, 6) is 0.444. The van der Waals surface area contributed by atoms with Gasteiger partial charge in [-0.3, -0.25) is 4.79 Å². The van der Waals surface area contributed by atoms with Crippen LogP contribution in [-0.2, 0) is 28.8 Å². The van der Waals surface area contributed by atoms with E-state index in [-0.39, 0.29) is 12.4 Å². The fourth-order valence-corrected chi connectivity index (χ4v) is 2.34. The van der Waals surface area contributed by atoms with Crippen LogP contribution in [0.5, 0.6) is 0 Å². The van der Waals surface area contributed by atoms with Crippen molar-refractivity contribution in [2.24, 2.45) is 0 Å². The van der Waals surface area contributed by atoms with Crippen LogP contribution in [-0.4, -0.2) is 32.6 Å². The molecule has 0 saturated carbocycles. The van der Waals surface area contributed by atoms with Gasteiger partial charge in [-0.05, 0) is 31.9 Å². The molecule has 0 atom stereocenters. The molecule has 0 bridgehead atoms. The molecule has 0 unspecified atom stereocenters. The van der Waals surface area contributed by atoms with Crippen LogP contribution >= 0.6 is 0 Å². The molecule has 2 heterocycles. The molecule has 0 aliphatic rings. The highest BCUT2D eigenvalue weighted by molar-refractivity contribution is 5.73. The highest BCUT2D eigenvalue weighted by atomic mass is 16.5. The summed E-state index contributed by atoms with van der Waals surface area (Å²) in [6.45, 7) is 6.26. The molecule has 21 heavy (non-hydrogen) atoms. The van der Waals surface area contributed by atoms with Gasteiger partial charge in [-0.15, -0.1) is 5.10 Å².